The Kier molecular flexibility index (Phi) is 5.87. The Bertz CT molecular complexity index is 1560. The molecule has 3 aromatic carbocycles. The highest BCUT2D eigenvalue weighted by atomic mass is 35.5. The number of ether oxygens (including phenoxy) is 2. The molecular formula is C29H22ClF2NO5. The van der Waals surface area contributed by atoms with Crippen molar-refractivity contribution in [3.05, 3.63) is 93.2 Å². The van der Waals surface area contributed by atoms with Gasteiger partial charge in [0.1, 0.15) is 35.3 Å². The lowest BCUT2D eigenvalue weighted by Gasteiger charge is -2.17. The van der Waals surface area contributed by atoms with Crippen molar-refractivity contribution < 1.29 is 32.7 Å². The number of hydrogen-bond acceptors (Lipinski definition) is 5. The zero-order valence-electron chi connectivity index (χ0n) is 20.3. The first-order chi connectivity index (χ1) is 18.2. The second-order valence-electron chi connectivity index (χ2n) is 9.64. The number of carbonyl (C=O) groups is 1. The molecule has 0 amide bonds. The minimum atomic E-state index is -3.26. The van der Waals surface area contributed by atoms with Crippen molar-refractivity contribution in [1.82, 2.24) is 5.16 Å². The lowest BCUT2D eigenvalue weighted by Crippen LogP contribution is -2.16. The summed E-state index contributed by atoms with van der Waals surface area (Å²) >= 11 is 6.50. The van der Waals surface area contributed by atoms with E-state index in [4.69, 9.17) is 25.6 Å². The maximum Gasteiger partial charge on any atom is 0.335 e. The average molecular weight is 538 g/mol. The molecule has 1 saturated carbocycles. The molecule has 0 atom stereocenters. The topological polar surface area (TPSA) is 81.8 Å². The molecule has 1 fully saturated rings. The number of halogens is 3. The Morgan fingerprint density at radius 3 is 2.71 bits per heavy atom. The van der Waals surface area contributed by atoms with Gasteiger partial charge in [0.15, 0.2) is 0 Å². The molecule has 1 aromatic heterocycles. The number of aromatic carboxylic acids is 1. The number of alkyl halides is 2. The van der Waals surface area contributed by atoms with Gasteiger partial charge in [-0.05, 0) is 61.7 Å². The highest BCUT2D eigenvalue weighted by molar-refractivity contribution is 6.33. The number of fused-ring (bicyclic) bond motifs is 2. The van der Waals surface area contributed by atoms with Gasteiger partial charge in [0.05, 0.1) is 21.7 Å². The maximum absolute atomic E-state index is 15.3. The third kappa shape index (κ3) is 4.39. The van der Waals surface area contributed by atoms with Crippen molar-refractivity contribution in [2.24, 2.45) is 0 Å². The van der Waals surface area contributed by atoms with Crippen LogP contribution in [0.4, 0.5) is 8.78 Å². The summed E-state index contributed by atoms with van der Waals surface area (Å²) in [6, 6.07) is 13.7. The van der Waals surface area contributed by atoms with E-state index >= 15 is 8.78 Å². The molecule has 1 aliphatic heterocycles. The minimum Gasteiger partial charge on any atom is -0.489 e. The molecule has 0 saturated heterocycles. The largest absolute Gasteiger partial charge is 0.489 e. The van der Waals surface area contributed by atoms with Crippen LogP contribution in [-0.2, 0) is 19.0 Å². The standard InChI is InChI=1S/C29H22ClF2NO5/c1-15-3-2-4-22(30)25(15)26-20(27(38-33-26)16-5-6-16)14-36-19-9-10-23-21(12-19)29(31,32)13-18-8-7-17(28(34)35)11-24(18)37-23/h2-4,7-12,16H,5-6,13-14H2,1H3,(H,34,35). The van der Waals surface area contributed by atoms with E-state index in [9.17, 15) is 9.90 Å². The molecule has 2 heterocycles. The predicted octanol–water partition coefficient (Wildman–Crippen LogP) is 7.90. The smallest absolute Gasteiger partial charge is 0.335 e. The summed E-state index contributed by atoms with van der Waals surface area (Å²) in [5.74, 6) is -3.18. The molecule has 6 rings (SSSR count). The van der Waals surface area contributed by atoms with Crippen LogP contribution in [0.15, 0.2) is 59.1 Å². The van der Waals surface area contributed by atoms with Crippen LogP contribution in [0.5, 0.6) is 17.2 Å². The summed E-state index contributed by atoms with van der Waals surface area (Å²) in [4.78, 5) is 11.3. The van der Waals surface area contributed by atoms with Gasteiger partial charge in [0.2, 0.25) is 0 Å². The Balaban J connectivity index is 1.32. The van der Waals surface area contributed by atoms with Crippen LogP contribution in [0.25, 0.3) is 11.3 Å². The van der Waals surface area contributed by atoms with E-state index in [-0.39, 0.29) is 46.5 Å². The van der Waals surface area contributed by atoms with Gasteiger partial charge in [-0.15, -0.1) is 0 Å². The summed E-state index contributed by atoms with van der Waals surface area (Å²) in [5.41, 5.74) is 2.86. The van der Waals surface area contributed by atoms with Crippen LogP contribution in [0.2, 0.25) is 5.02 Å². The highest BCUT2D eigenvalue weighted by Crippen LogP contribution is 2.48. The van der Waals surface area contributed by atoms with Crippen LogP contribution in [-0.4, -0.2) is 16.2 Å². The maximum atomic E-state index is 15.3. The fourth-order valence-electron chi connectivity index (χ4n) is 4.77. The van der Waals surface area contributed by atoms with Crippen molar-refractivity contribution in [2.75, 3.05) is 0 Å². The molecule has 9 heteroatoms. The Morgan fingerprint density at radius 1 is 1.16 bits per heavy atom. The lowest BCUT2D eigenvalue weighted by molar-refractivity contribution is -0.00363. The summed E-state index contributed by atoms with van der Waals surface area (Å²) in [5, 5.41) is 14.1. The van der Waals surface area contributed by atoms with Gasteiger partial charge in [-0.25, -0.2) is 13.6 Å². The molecule has 1 aliphatic carbocycles. The predicted molar refractivity (Wildman–Crippen MR) is 136 cm³/mol. The number of aromatic nitrogens is 1. The van der Waals surface area contributed by atoms with Crippen LogP contribution in [0.3, 0.4) is 0 Å². The number of benzene rings is 3. The van der Waals surface area contributed by atoms with E-state index < -0.39 is 18.3 Å². The fraction of sp³-hybridized carbons (Fsp3) is 0.241. The molecule has 194 valence electrons. The van der Waals surface area contributed by atoms with Gasteiger partial charge in [0.25, 0.3) is 5.92 Å². The molecule has 6 nitrogen and oxygen atoms in total. The van der Waals surface area contributed by atoms with E-state index in [0.717, 1.165) is 35.3 Å². The zero-order valence-corrected chi connectivity index (χ0v) is 21.0. The van der Waals surface area contributed by atoms with Crippen LogP contribution in [0.1, 0.15) is 57.1 Å². The van der Waals surface area contributed by atoms with Crippen molar-refractivity contribution in [1.29, 1.82) is 0 Å². The fourth-order valence-corrected chi connectivity index (χ4v) is 5.08. The van der Waals surface area contributed by atoms with E-state index in [2.05, 4.69) is 5.16 Å². The van der Waals surface area contributed by atoms with Gasteiger partial charge >= 0.3 is 5.97 Å². The van der Waals surface area contributed by atoms with E-state index in [1.807, 2.05) is 19.1 Å². The number of aryl methyl sites for hydroxylation is 1. The van der Waals surface area contributed by atoms with Crippen molar-refractivity contribution >= 4 is 17.6 Å². The summed E-state index contributed by atoms with van der Waals surface area (Å²) in [6.07, 6.45) is 1.33. The summed E-state index contributed by atoms with van der Waals surface area (Å²) in [7, 11) is 0. The first-order valence-corrected chi connectivity index (χ1v) is 12.5. The minimum absolute atomic E-state index is 0.0415. The summed E-state index contributed by atoms with van der Waals surface area (Å²) in [6.45, 7) is 1.99. The van der Waals surface area contributed by atoms with Gasteiger partial charge in [-0.1, -0.05) is 35.0 Å². The Hall–Kier alpha value is -3.91. The number of hydrogen-bond donors (Lipinski definition) is 1. The molecule has 0 spiro atoms. The van der Waals surface area contributed by atoms with Crippen LogP contribution < -0.4 is 9.47 Å². The van der Waals surface area contributed by atoms with Gasteiger partial charge in [-0.3, -0.25) is 0 Å². The second-order valence-corrected chi connectivity index (χ2v) is 10.0. The number of carboxylic acids is 1. The van der Waals surface area contributed by atoms with E-state index in [1.54, 1.807) is 12.1 Å². The van der Waals surface area contributed by atoms with Gasteiger partial charge < -0.3 is 19.1 Å². The molecule has 0 unspecified atom stereocenters. The quantitative estimate of drug-likeness (QED) is 0.269. The number of rotatable bonds is 6. The number of nitrogens with zero attached hydrogens (tertiary/aromatic N) is 1. The third-order valence-electron chi connectivity index (χ3n) is 6.90. The lowest BCUT2D eigenvalue weighted by atomic mass is 9.99. The van der Waals surface area contributed by atoms with Gasteiger partial charge in [-0.2, -0.15) is 0 Å². The van der Waals surface area contributed by atoms with Crippen molar-refractivity contribution in [3.8, 4) is 28.5 Å². The average Bonchev–Trinajstić information content (AvgIpc) is 3.65. The first-order valence-electron chi connectivity index (χ1n) is 12.1. The highest BCUT2D eigenvalue weighted by Gasteiger charge is 2.39. The van der Waals surface area contributed by atoms with E-state index in [0.29, 0.717) is 10.7 Å². The van der Waals surface area contributed by atoms with Crippen LogP contribution in [0, 0.1) is 6.92 Å². The van der Waals surface area contributed by atoms with E-state index in [1.165, 1.54) is 30.3 Å². The zero-order chi connectivity index (χ0) is 26.6. The normalized spacial score (nSPS) is 15.7. The number of carboxylic acid groups (broad SMARTS) is 1. The molecular weight excluding hydrogens is 516 g/mol. The van der Waals surface area contributed by atoms with Crippen molar-refractivity contribution in [2.45, 2.75) is 44.6 Å². The molecule has 38 heavy (non-hydrogen) atoms. The molecule has 0 bridgehead atoms. The van der Waals surface area contributed by atoms with Crippen molar-refractivity contribution in [3.63, 3.8) is 0 Å². The van der Waals surface area contributed by atoms with Crippen LogP contribution >= 0.6 is 11.6 Å². The first kappa shape index (κ1) is 24.4. The Labute approximate surface area is 221 Å². The van der Waals surface area contributed by atoms with Gasteiger partial charge in [0, 0.05) is 23.5 Å². The molecule has 0 radical (unpaired) electrons. The molecule has 4 aromatic rings. The Morgan fingerprint density at radius 2 is 1.97 bits per heavy atom. The third-order valence-corrected chi connectivity index (χ3v) is 7.22. The monoisotopic (exact) mass is 537 g/mol. The SMILES string of the molecule is Cc1cccc(Cl)c1-c1noc(C2CC2)c1COc1ccc2c(c1)C(F)(F)Cc1ccc(C(=O)O)cc1O2. The second kappa shape index (κ2) is 9.13. The molecule has 2 aliphatic rings. The summed E-state index contributed by atoms with van der Waals surface area (Å²) < 4.78 is 48.2. The molecule has 1 N–H and O–H groups in total.